The number of carbonyl (C=O) groups is 1. The molecule has 3 rings (SSSR count). The van der Waals surface area contributed by atoms with Crippen molar-refractivity contribution in [2.45, 2.75) is 32.5 Å². The van der Waals surface area contributed by atoms with Crippen LogP contribution in [0.1, 0.15) is 41.4 Å². The highest BCUT2D eigenvalue weighted by molar-refractivity contribution is 6.06. The Hall–Kier alpha value is -2.99. The SMILES string of the molecule is CC(C)=CCc1c(O)cc(O)c(C(=O)C2OC2c2ccc(O)cc2)c1O. The average molecular weight is 356 g/mol. The van der Waals surface area contributed by atoms with E-state index in [1.807, 2.05) is 13.8 Å². The molecule has 1 heterocycles. The Labute approximate surface area is 150 Å². The minimum atomic E-state index is -0.836. The summed E-state index contributed by atoms with van der Waals surface area (Å²) in [5, 5.41) is 39.8. The first-order valence-corrected chi connectivity index (χ1v) is 8.18. The summed E-state index contributed by atoms with van der Waals surface area (Å²) in [6.07, 6.45) is 0.689. The monoisotopic (exact) mass is 356 g/mol. The highest BCUT2D eigenvalue weighted by Gasteiger charge is 2.48. The van der Waals surface area contributed by atoms with Gasteiger partial charge in [0.15, 0.2) is 6.10 Å². The molecule has 4 N–H and O–H groups in total. The van der Waals surface area contributed by atoms with Crippen LogP contribution in [0.4, 0.5) is 0 Å². The number of phenolic OH excluding ortho intramolecular Hbond substituents is 4. The predicted molar refractivity (Wildman–Crippen MR) is 94.6 cm³/mol. The largest absolute Gasteiger partial charge is 0.508 e. The third-order valence-corrected chi connectivity index (χ3v) is 4.29. The Kier molecular flexibility index (Phi) is 4.61. The smallest absolute Gasteiger partial charge is 0.202 e. The van der Waals surface area contributed by atoms with E-state index in [4.69, 9.17) is 4.74 Å². The molecule has 0 radical (unpaired) electrons. The lowest BCUT2D eigenvalue weighted by Crippen LogP contribution is -2.10. The summed E-state index contributed by atoms with van der Waals surface area (Å²) in [6, 6.07) is 7.32. The van der Waals surface area contributed by atoms with Gasteiger partial charge in [0.05, 0.1) is 0 Å². The number of rotatable bonds is 5. The van der Waals surface area contributed by atoms with Crippen LogP contribution in [0, 0.1) is 0 Å². The van der Waals surface area contributed by atoms with Crippen molar-refractivity contribution in [1.29, 1.82) is 0 Å². The number of allylic oxidation sites excluding steroid dienone is 2. The van der Waals surface area contributed by atoms with Crippen molar-refractivity contribution in [2.75, 3.05) is 0 Å². The van der Waals surface area contributed by atoms with E-state index >= 15 is 0 Å². The Morgan fingerprint density at radius 2 is 1.73 bits per heavy atom. The molecule has 6 heteroatoms. The lowest BCUT2D eigenvalue weighted by atomic mass is 9.96. The molecule has 1 fully saturated rings. The van der Waals surface area contributed by atoms with Gasteiger partial charge in [-0.05, 0) is 38.0 Å². The summed E-state index contributed by atoms with van der Waals surface area (Å²) in [6.45, 7) is 3.75. The zero-order valence-electron chi connectivity index (χ0n) is 14.4. The van der Waals surface area contributed by atoms with E-state index in [9.17, 15) is 25.2 Å². The number of benzene rings is 2. The molecular formula is C20H20O6. The third kappa shape index (κ3) is 3.36. The van der Waals surface area contributed by atoms with Gasteiger partial charge in [-0.2, -0.15) is 0 Å². The Morgan fingerprint density at radius 1 is 1.08 bits per heavy atom. The first-order valence-electron chi connectivity index (χ1n) is 8.18. The number of aromatic hydroxyl groups is 4. The quantitative estimate of drug-likeness (QED) is 0.371. The van der Waals surface area contributed by atoms with Crippen LogP contribution >= 0.6 is 0 Å². The highest BCUT2D eigenvalue weighted by atomic mass is 16.6. The average Bonchev–Trinajstić information content (AvgIpc) is 3.35. The van der Waals surface area contributed by atoms with Crippen LogP contribution in [-0.4, -0.2) is 32.3 Å². The summed E-state index contributed by atoms with van der Waals surface area (Å²) < 4.78 is 5.41. The van der Waals surface area contributed by atoms with Crippen LogP contribution in [0.3, 0.4) is 0 Å². The van der Waals surface area contributed by atoms with Gasteiger partial charge in [0.2, 0.25) is 5.78 Å². The molecule has 2 aromatic rings. The molecule has 1 saturated heterocycles. The van der Waals surface area contributed by atoms with Crippen LogP contribution in [0.15, 0.2) is 42.0 Å². The Balaban J connectivity index is 1.89. The first kappa shape index (κ1) is 17.8. The summed E-state index contributed by atoms with van der Waals surface area (Å²) in [4.78, 5) is 12.7. The molecule has 0 spiro atoms. The third-order valence-electron chi connectivity index (χ3n) is 4.29. The predicted octanol–water partition coefficient (Wildman–Crippen LogP) is 3.34. The van der Waals surface area contributed by atoms with E-state index in [1.165, 1.54) is 12.1 Å². The fraction of sp³-hybridized carbons (Fsp3) is 0.250. The second-order valence-corrected chi connectivity index (χ2v) is 6.54. The van der Waals surface area contributed by atoms with Crippen molar-refractivity contribution >= 4 is 5.78 Å². The van der Waals surface area contributed by atoms with Crippen LogP contribution in [0.5, 0.6) is 23.0 Å². The van der Waals surface area contributed by atoms with E-state index in [2.05, 4.69) is 0 Å². The number of hydrogen-bond donors (Lipinski definition) is 4. The molecule has 0 aliphatic carbocycles. The number of epoxide rings is 1. The van der Waals surface area contributed by atoms with Gasteiger partial charge in [0, 0.05) is 11.6 Å². The first-order chi connectivity index (χ1) is 12.3. The fourth-order valence-corrected chi connectivity index (χ4v) is 2.80. The lowest BCUT2D eigenvalue weighted by molar-refractivity contribution is 0.0948. The molecule has 26 heavy (non-hydrogen) atoms. The highest BCUT2D eigenvalue weighted by Crippen LogP contribution is 2.45. The number of carbonyl (C=O) groups excluding carboxylic acids is 1. The minimum absolute atomic E-state index is 0.106. The number of ether oxygens (including phenoxy) is 1. The molecule has 0 amide bonds. The van der Waals surface area contributed by atoms with Crippen LogP contribution in [0.25, 0.3) is 0 Å². The Morgan fingerprint density at radius 3 is 2.35 bits per heavy atom. The van der Waals surface area contributed by atoms with Crippen molar-refractivity contribution in [3.8, 4) is 23.0 Å². The molecular weight excluding hydrogens is 336 g/mol. The summed E-state index contributed by atoms with van der Waals surface area (Å²) in [5.41, 5.74) is 1.62. The van der Waals surface area contributed by atoms with Crippen LogP contribution < -0.4 is 0 Å². The minimum Gasteiger partial charge on any atom is -0.508 e. The molecule has 0 saturated carbocycles. The van der Waals surface area contributed by atoms with E-state index in [0.717, 1.165) is 11.6 Å². The van der Waals surface area contributed by atoms with Gasteiger partial charge in [-0.25, -0.2) is 0 Å². The number of phenols is 4. The van der Waals surface area contributed by atoms with E-state index in [1.54, 1.807) is 18.2 Å². The standard InChI is InChI=1S/C20H20O6/c1-10(2)3-8-13-14(22)9-15(23)16(17(13)24)18(25)20-19(26-20)11-4-6-12(21)7-5-11/h3-7,9,19-24H,8H2,1-2H3. The number of hydrogen-bond acceptors (Lipinski definition) is 6. The maximum atomic E-state index is 12.7. The number of Topliss-reactive ketones (excluding diaryl/α,β-unsaturated/α-hetero) is 1. The zero-order valence-corrected chi connectivity index (χ0v) is 14.4. The fourth-order valence-electron chi connectivity index (χ4n) is 2.80. The van der Waals surface area contributed by atoms with Crippen molar-refractivity contribution in [3.63, 3.8) is 0 Å². The summed E-state index contributed by atoms with van der Waals surface area (Å²) in [7, 11) is 0. The van der Waals surface area contributed by atoms with Crippen molar-refractivity contribution in [2.24, 2.45) is 0 Å². The topological polar surface area (TPSA) is 111 Å². The van der Waals surface area contributed by atoms with Gasteiger partial charge >= 0.3 is 0 Å². The van der Waals surface area contributed by atoms with Crippen molar-refractivity contribution in [1.82, 2.24) is 0 Å². The molecule has 0 bridgehead atoms. The number of ketones is 1. The molecule has 2 unspecified atom stereocenters. The van der Waals surface area contributed by atoms with Crippen molar-refractivity contribution in [3.05, 3.63) is 58.7 Å². The molecule has 1 aliphatic rings. The van der Waals surface area contributed by atoms with Crippen molar-refractivity contribution < 1.29 is 30.0 Å². The molecule has 2 atom stereocenters. The zero-order chi connectivity index (χ0) is 19.0. The maximum Gasteiger partial charge on any atom is 0.202 e. The molecule has 136 valence electrons. The van der Waals surface area contributed by atoms with Crippen LogP contribution in [-0.2, 0) is 11.2 Å². The van der Waals surface area contributed by atoms with Gasteiger partial charge in [0.25, 0.3) is 0 Å². The summed E-state index contributed by atoms with van der Waals surface area (Å²) in [5.74, 6) is -1.66. The molecule has 2 aromatic carbocycles. The van der Waals surface area contributed by atoms with Gasteiger partial charge in [-0.3, -0.25) is 4.79 Å². The molecule has 1 aliphatic heterocycles. The van der Waals surface area contributed by atoms with Crippen LogP contribution in [0.2, 0.25) is 0 Å². The molecule has 6 nitrogen and oxygen atoms in total. The maximum absolute atomic E-state index is 12.7. The Bertz CT molecular complexity index is 878. The van der Waals surface area contributed by atoms with Gasteiger partial charge in [0.1, 0.15) is 34.7 Å². The van der Waals surface area contributed by atoms with E-state index < -0.39 is 29.5 Å². The normalized spacial score (nSPS) is 18.4. The summed E-state index contributed by atoms with van der Waals surface area (Å²) >= 11 is 0. The second kappa shape index (κ2) is 6.72. The van der Waals surface area contributed by atoms with Gasteiger partial charge < -0.3 is 25.2 Å². The van der Waals surface area contributed by atoms with Gasteiger partial charge in [-0.1, -0.05) is 23.8 Å². The van der Waals surface area contributed by atoms with E-state index in [0.29, 0.717) is 5.56 Å². The lowest BCUT2D eigenvalue weighted by Gasteiger charge is -2.11. The molecule has 0 aromatic heterocycles. The van der Waals surface area contributed by atoms with E-state index in [-0.39, 0.29) is 29.0 Å². The van der Waals surface area contributed by atoms with Gasteiger partial charge in [-0.15, -0.1) is 0 Å². The second-order valence-electron chi connectivity index (χ2n) is 6.54.